The molecule has 0 spiro atoms. The standard InChI is InChI=1S/C20H15N3OS2/c1-14-8-10-15(11-9-14)19(24)23(21-13-16-5-4-12-25-16)20-22-17-6-2-3-7-18(17)26-20/h2-13H,1H3/b21-13-. The molecule has 0 saturated carbocycles. The van der Waals surface area contributed by atoms with Gasteiger partial charge in [0.05, 0.1) is 16.4 Å². The summed E-state index contributed by atoms with van der Waals surface area (Å²) in [6, 6.07) is 19.2. The minimum atomic E-state index is -0.197. The first-order valence-corrected chi connectivity index (χ1v) is 9.74. The molecular weight excluding hydrogens is 362 g/mol. The van der Waals surface area contributed by atoms with Crippen LogP contribution < -0.4 is 5.01 Å². The summed E-state index contributed by atoms with van der Waals surface area (Å²) in [7, 11) is 0. The van der Waals surface area contributed by atoms with Crippen molar-refractivity contribution in [1.82, 2.24) is 4.98 Å². The molecule has 0 aliphatic carbocycles. The van der Waals surface area contributed by atoms with Crippen molar-refractivity contribution in [3.05, 3.63) is 82.0 Å². The van der Waals surface area contributed by atoms with Crippen molar-refractivity contribution < 1.29 is 4.79 Å². The maximum Gasteiger partial charge on any atom is 0.280 e. The maximum atomic E-state index is 13.1. The van der Waals surface area contributed by atoms with Gasteiger partial charge in [0.2, 0.25) is 5.13 Å². The summed E-state index contributed by atoms with van der Waals surface area (Å²) in [6.45, 7) is 1.99. The van der Waals surface area contributed by atoms with Crippen LogP contribution >= 0.6 is 22.7 Å². The number of thiazole rings is 1. The molecule has 4 rings (SSSR count). The zero-order valence-corrected chi connectivity index (χ0v) is 15.6. The van der Waals surface area contributed by atoms with E-state index in [9.17, 15) is 4.79 Å². The van der Waals surface area contributed by atoms with Gasteiger partial charge in [-0.05, 0) is 42.6 Å². The van der Waals surface area contributed by atoms with Gasteiger partial charge in [-0.2, -0.15) is 10.1 Å². The molecule has 0 N–H and O–H groups in total. The van der Waals surface area contributed by atoms with Crippen molar-refractivity contribution in [3.63, 3.8) is 0 Å². The van der Waals surface area contributed by atoms with Crippen LogP contribution in [-0.2, 0) is 0 Å². The van der Waals surface area contributed by atoms with Gasteiger partial charge in [-0.3, -0.25) is 4.79 Å². The van der Waals surface area contributed by atoms with Gasteiger partial charge in [0.1, 0.15) is 0 Å². The molecule has 1 amide bonds. The summed E-state index contributed by atoms with van der Waals surface area (Å²) in [5.74, 6) is -0.197. The molecule has 2 aromatic heterocycles. The molecule has 0 unspecified atom stereocenters. The number of fused-ring (bicyclic) bond motifs is 1. The monoisotopic (exact) mass is 377 g/mol. The SMILES string of the molecule is Cc1ccc(C(=O)N(/N=C\c2cccs2)c2nc3ccccc3s2)cc1. The van der Waals surface area contributed by atoms with E-state index in [1.165, 1.54) is 16.3 Å². The van der Waals surface area contributed by atoms with E-state index < -0.39 is 0 Å². The molecule has 0 atom stereocenters. The van der Waals surface area contributed by atoms with Crippen LogP contribution in [0.3, 0.4) is 0 Å². The lowest BCUT2D eigenvalue weighted by Crippen LogP contribution is -2.25. The average Bonchev–Trinajstić information content (AvgIpc) is 3.31. The number of carbonyl (C=O) groups excluding carboxylic acids is 1. The Kier molecular flexibility index (Phi) is 4.60. The van der Waals surface area contributed by atoms with Crippen molar-refractivity contribution in [3.8, 4) is 0 Å². The highest BCUT2D eigenvalue weighted by molar-refractivity contribution is 7.22. The lowest BCUT2D eigenvalue weighted by molar-refractivity contribution is 0.0988. The van der Waals surface area contributed by atoms with E-state index in [1.54, 1.807) is 17.6 Å². The molecular formula is C20H15N3OS2. The van der Waals surface area contributed by atoms with E-state index in [1.807, 2.05) is 73.0 Å². The van der Waals surface area contributed by atoms with Crippen molar-refractivity contribution in [1.29, 1.82) is 0 Å². The third-order valence-corrected chi connectivity index (χ3v) is 5.62. The summed E-state index contributed by atoms with van der Waals surface area (Å²) in [5.41, 5.74) is 2.55. The fourth-order valence-electron chi connectivity index (χ4n) is 2.44. The molecule has 0 aliphatic heterocycles. The molecule has 6 heteroatoms. The number of amides is 1. The van der Waals surface area contributed by atoms with Crippen LogP contribution in [0.15, 0.2) is 71.1 Å². The zero-order valence-electron chi connectivity index (χ0n) is 14.0. The lowest BCUT2D eigenvalue weighted by Gasteiger charge is -2.13. The minimum absolute atomic E-state index is 0.197. The molecule has 0 saturated heterocycles. The minimum Gasteiger partial charge on any atom is -0.267 e. The second-order valence-electron chi connectivity index (χ2n) is 5.71. The highest BCUT2D eigenvalue weighted by Crippen LogP contribution is 2.30. The number of carbonyl (C=O) groups is 1. The normalized spacial score (nSPS) is 11.3. The Morgan fingerprint density at radius 1 is 1.08 bits per heavy atom. The Labute approximate surface area is 159 Å². The van der Waals surface area contributed by atoms with Crippen LogP contribution in [0, 0.1) is 6.92 Å². The Morgan fingerprint density at radius 2 is 1.88 bits per heavy atom. The van der Waals surface area contributed by atoms with Gasteiger partial charge in [-0.25, -0.2) is 4.98 Å². The highest BCUT2D eigenvalue weighted by Gasteiger charge is 2.20. The van der Waals surface area contributed by atoms with Crippen molar-refractivity contribution in [2.75, 3.05) is 5.01 Å². The average molecular weight is 377 g/mol. The third kappa shape index (κ3) is 3.42. The highest BCUT2D eigenvalue weighted by atomic mass is 32.1. The zero-order chi connectivity index (χ0) is 17.9. The molecule has 2 heterocycles. The number of hydrogen-bond acceptors (Lipinski definition) is 5. The largest absolute Gasteiger partial charge is 0.280 e. The van der Waals surface area contributed by atoms with Crippen LogP contribution in [0.1, 0.15) is 20.8 Å². The molecule has 4 aromatic rings. The van der Waals surface area contributed by atoms with Gasteiger partial charge in [0, 0.05) is 10.4 Å². The van der Waals surface area contributed by atoms with E-state index in [-0.39, 0.29) is 5.91 Å². The Hall–Kier alpha value is -2.83. The summed E-state index contributed by atoms with van der Waals surface area (Å²) in [5, 5.41) is 8.37. The predicted octanol–water partition coefficient (Wildman–Crippen LogP) is 5.35. The molecule has 128 valence electrons. The number of thiophene rings is 1. The first-order valence-electron chi connectivity index (χ1n) is 8.05. The number of rotatable bonds is 4. The molecule has 0 aliphatic rings. The van der Waals surface area contributed by atoms with Gasteiger partial charge >= 0.3 is 0 Å². The van der Waals surface area contributed by atoms with Crippen LogP contribution in [0.5, 0.6) is 0 Å². The summed E-state index contributed by atoms with van der Waals surface area (Å²) >= 11 is 3.02. The number of anilines is 1. The second-order valence-corrected chi connectivity index (χ2v) is 7.70. The number of aromatic nitrogens is 1. The molecule has 0 bridgehead atoms. The molecule has 4 nitrogen and oxygen atoms in total. The van der Waals surface area contributed by atoms with E-state index in [4.69, 9.17) is 0 Å². The third-order valence-electron chi connectivity index (χ3n) is 3.80. The molecule has 2 aromatic carbocycles. The summed E-state index contributed by atoms with van der Waals surface area (Å²) in [6.07, 6.45) is 1.70. The van der Waals surface area contributed by atoms with Crippen molar-refractivity contribution in [2.24, 2.45) is 5.10 Å². The smallest absolute Gasteiger partial charge is 0.267 e. The van der Waals surface area contributed by atoms with E-state index >= 15 is 0 Å². The lowest BCUT2D eigenvalue weighted by atomic mass is 10.1. The van der Waals surface area contributed by atoms with Gasteiger partial charge in [0.15, 0.2) is 0 Å². The Morgan fingerprint density at radius 3 is 2.62 bits per heavy atom. The second kappa shape index (κ2) is 7.19. The van der Waals surface area contributed by atoms with E-state index in [0.29, 0.717) is 10.7 Å². The van der Waals surface area contributed by atoms with E-state index in [0.717, 1.165) is 20.7 Å². The molecule has 0 radical (unpaired) electrons. The van der Waals surface area contributed by atoms with Gasteiger partial charge in [-0.15, -0.1) is 11.3 Å². The maximum absolute atomic E-state index is 13.1. The van der Waals surface area contributed by atoms with Crippen LogP contribution in [0.2, 0.25) is 0 Å². The summed E-state index contributed by atoms with van der Waals surface area (Å²) in [4.78, 5) is 18.6. The van der Waals surface area contributed by atoms with Crippen LogP contribution in [-0.4, -0.2) is 17.1 Å². The number of hydrogen-bond donors (Lipinski definition) is 0. The molecule has 0 fully saturated rings. The summed E-state index contributed by atoms with van der Waals surface area (Å²) < 4.78 is 1.02. The number of para-hydroxylation sites is 1. The fourth-order valence-corrected chi connectivity index (χ4v) is 3.94. The number of nitrogens with zero attached hydrogens (tertiary/aromatic N) is 3. The number of aryl methyl sites for hydroxylation is 1. The fraction of sp³-hybridized carbons (Fsp3) is 0.0500. The van der Waals surface area contributed by atoms with Gasteiger partial charge < -0.3 is 0 Å². The van der Waals surface area contributed by atoms with Crippen LogP contribution in [0.4, 0.5) is 5.13 Å². The van der Waals surface area contributed by atoms with Crippen molar-refractivity contribution >= 4 is 50.1 Å². The number of benzene rings is 2. The van der Waals surface area contributed by atoms with Crippen molar-refractivity contribution in [2.45, 2.75) is 6.92 Å². The van der Waals surface area contributed by atoms with Crippen LogP contribution in [0.25, 0.3) is 10.2 Å². The van der Waals surface area contributed by atoms with Gasteiger partial charge in [0.25, 0.3) is 5.91 Å². The Balaban J connectivity index is 1.75. The molecule has 26 heavy (non-hydrogen) atoms. The predicted molar refractivity (Wildman–Crippen MR) is 110 cm³/mol. The van der Waals surface area contributed by atoms with Gasteiger partial charge in [-0.1, -0.05) is 47.2 Å². The first kappa shape index (κ1) is 16.6. The Bertz CT molecular complexity index is 1030. The quantitative estimate of drug-likeness (QED) is 0.356. The van der Waals surface area contributed by atoms with E-state index in [2.05, 4.69) is 10.1 Å². The topological polar surface area (TPSA) is 45.6 Å². The first-order chi connectivity index (χ1) is 12.7. The number of hydrazone groups is 1.